The molecule has 1 N–H and O–H groups in total. The van der Waals surface area contributed by atoms with Crippen molar-refractivity contribution >= 4 is 17.3 Å². The molecule has 4 nitrogen and oxygen atoms in total. The molecule has 0 radical (unpaired) electrons. The number of hydrogen-bond acceptors (Lipinski definition) is 4. The van der Waals surface area contributed by atoms with Gasteiger partial charge in [0.05, 0.1) is 6.04 Å². The lowest BCUT2D eigenvalue weighted by Gasteiger charge is -2.23. The molecule has 21 heavy (non-hydrogen) atoms. The van der Waals surface area contributed by atoms with E-state index in [1.165, 1.54) is 10.4 Å². The van der Waals surface area contributed by atoms with Crippen LogP contribution in [-0.2, 0) is 0 Å². The lowest BCUT2D eigenvalue weighted by molar-refractivity contribution is 0.488. The quantitative estimate of drug-likeness (QED) is 0.783. The Hall–Kier alpha value is -2.14. The summed E-state index contributed by atoms with van der Waals surface area (Å²) in [4.78, 5) is 6.00. The fourth-order valence-electron chi connectivity index (χ4n) is 2.67. The van der Waals surface area contributed by atoms with Crippen LogP contribution in [0, 0.1) is 6.92 Å². The summed E-state index contributed by atoms with van der Waals surface area (Å²) in [5.74, 6) is 1.66. The van der Waals surface area contributed by atoms with Gasteiger partial charge in [-0.05, 0) is 24.8 Å². The fraction of sp³-hybridized carbons (Fsp3) is 0.250. The molecule has 1 aliphatic heterocycles. The van der Waals surface area contributed by atoms with Crippen LogP contribution in [0.25, 0.3) is 11.4 Å². The molecular weight excluding hydrogens is 280 g/mol. The zero-order valence-electron chi connectivity index (χ0n) is 11.8. The van der Waals surface area contributed by atoms with Crippen molar-refractivity contribution in [2.24, 2.45) is 0 Å². The van der Waals surface area contributed by atoms with Crippen molar-refractivity contribution in [3.05, 3.63) is 52.2 Å². The molecule has 0 saturated heterocycles. The summed E-state index contributed by atoms with van der Waals surface area (Å²) in [5.41, 5.74) is 2.31. The molecule has 0 bridgehead atoms. The maximum absolute atomic E-state index is 4.74. The molecule has 2 aromatic heterocycles. The van der Waals surface area contributed by atoms with Crippen LogP contribution in [0.5, 0.6) is 0 Å². The highest BCUT2D eigenvalue weighted by molar-refractivity contribution is 7.10. The highest BCUT2D eigenvalue weighted by Crippen LogP contribution is 2.32. The van der Waals surface area contributed by atoms with Gasteiger partial charge in [0.2, 0.25) is 5.95 Å². The normalized spacial score (nSPS) is 17.3. The molecule has 1 unspecified atom stereocenters. The predicted molar refractivity (Wildman–Crippen MR) is 85.8 cm³/mol. The Labute approximate surface area is 127 Å². The van der Waals surface area contributed by atoms with Gasteiger partial charge in [-0.3, -0.25) is 0 Å². The van der Waals surface area contributed by atoms with Crippen molar-refractivity contribution in [2.75, 3.05) is 11.9 Å². The Bertz CT molecular complexity index is 743. The summed E-state index contributed by atoms with van der Waals surface area (Å²) in [6.07, 6.45) is 1.05. The second-order valence-corrected chi connectivity index (χ2v) is 6.30. The Kier molecular flexibility index (Phi) is 3.00. The zero-order valence-corrected chi connectivity index (χ0v) is 12.6. The van der Waals surface area contributed by atoms with Crippen LogP contribution in [0.2, 0.25) is 0 Å². The number of aromatic nitrogens is 3. The maximum atomic E-state index is 4.74. The minimum Gasteiger partial charge on any atom is -0.354 e. The molecule has 0 spiro atoms. The van der Waals surface area contributed by atoms with Gasteiger partial charge in [-0.2, -0.15) is 4.98 Å². The summed E-state index contributed by atoms with van der Waals surface area (Å²) in [5, 5.41) is 10.2. The van der Waals surface area contributed by atoms with E-state index in [4.69, 9.17) is 5.10 Å². The van der Waals surface area contributed by atoms with Gasteiger partial charge < -0.3 is 5.32 Å². The highest BCUT2D eigenvalue weighted by atomic mass is 32.1. The first-order chi connectivity index (χ1) is 10.3. The van der Waals surface area contributed by atoms with Crippen molar-refractivity contribution in [2.45, 2.75) is 19.4 Å². The van der Waals surface area contributed by atoms with Crippen molar-refractivity contribution < 1.29 is 0 Å². The Balaban J connectivity index is 1.75. The van der Waals surface area contributed by atoms with Crippen LogP contribution in [0.1, 0.15) is 22.9 Å². The van der Waals surface area contributed by atoms with Crippen LogP contribution >= 0.6 is 11.3 Å². The zero-order chi connectivity index (χ0) is 14.2. The van der Waals surface area contributed by atoms with E-state index in [1.54, 1.807) is 11.3 Å². The highest BCUT2D eigenvalue weighted by Gasteiger charge is 2.25. The minimum atomic E-state index is 0.299. The van der Waals surface area contributed by atoms with Gasteiger partial charge in [0.15, 0.2) is 5.82 Å². The van der Waals surface area contributed by atoms with E-state index in [9.17, 15) is 0 Å². The van der Waals surface area contributed by atoms with Crippen LogP contribution < -0.4 is 5.32 Å². The molecule has 5 heteroatoms. The molecule has 0 saturated carbocycles. The molecule has 3 aromatic rings. The molecular formula is C16H16N4S. The number of hydrogen-bond donors (Lipinski definition) is 1. The molecule has 106 valence electrons. The third kappa shape index (κ3) is 2.23. The third-order valence-corrected chi connectivity index (χ3v) is 4.78. The molecule has 1 atom stereocenters. The van der Waals surface area contributed by atoms with Crippen molar-refractivity contribution in [1.82, 2.24) is 14.8 Å². The number of nitrogens with zero attached hydrogens (tertiary/aromatic N) is 3. The lowest BCUT2D eigenvalue weighted by Crippen LogP contribution is -2.24. The van der Waals surface area contributed by atoms with Gasteiger partial charge in [-0.15, -0.1) is 16.4 Å². The summed E-state index contributed by atoms with van der Waals surface area (Å²) in [6.45, 7) is 3.03. The van der Waals surface area contributed by atoms with Crippen LogP contribution in [0.15, 0.2) is 41.8 Å². The number of nitrogens with one attached hydrogen (secondary N) is 1. The van der Waals surface area contributed by atoms with Crippen molar-refractivity contribution in [1.29, 1.82) is 0 Å². The Morgan fingerprint density at radius 3 is 2.86 bits per heavy atom. The summed E-state index contributed by atoms with van der Waals surface area (Å²) < 4.78 is 2.03. The van der Waals surface area contributed by atoms with Gasteiger partial charge in [-0.25, -0.2) is 4.68 Å². The lowest BCUT2D eigenvalue weighted by atomic mass is 10.1. The fourth-order valence-corrected chi connectivity index (χ4v) is 3.52. The Morgan fingerprint density at radius 1 is 1.24 bits per heavy atom. The van der Waals surface area contributed by atoms with Crippen LogP contribution in [-0.4, -0.2) is 21.3 Å². The van der Waals surface area contributed by atoms with E-state index in [0.717, 1.165) is 30.3 Å². The maximum Gasteiger partial charge on any atom is 0.222 e. The molecule has 3 heterocycles. The number of rotatable bonds is 2. The van der Waals surface area contributed by atoms with Gasteiger partial charge in [0, 0.05) is 17.0 Å². The molecule has 0 amide bonds. The van der Waals surface area contributed by atoms with Gasteiger partial charge in [0.25, 0.3) is 0 Å². The first-order valence-electron chi connectivity index (χ1n) is 7.12. The summed E-state index contributed by atoms with van der Waals surface area (Å²) in [7, 11) is 0. The minimum absolute atomic E-state index is 0.299. The van der Waals surface area contributed by atoms with E-state index in [1.807, 2.05) is 4.68 Å². The third-order valence-electron chi connectivity index (χ3n) is 3.81. The monoisotopic (exact) mass is 296 g/mol. The van der Waals surface area contributed by atoms with Crippen molar-refractivity contribution in [3.63, 3.8) is 0 Å². The van der Waals surface area contributed by atoms with E-state index >= 15 is 0 Å². The van der Waals surface area contributed by atoms with Crippen LogP contribution in [0.4, 0.5) is 5.95 Å². The molecule has 0 aliphatic carbocycles. The number of aryl methyl sites for hydroxylation is 1. The predicted octanol–water partition coefficient (Wildman–Crippen LogP) is 3.72. The summed E-state index contributed by atoms with van der Waals surface area (Å²) >= 11 is 1.78. The van der Waals surface area contributed by atoms with Gasteiger partial charge in [0.1, 0.15) is 0 Å². The van der Waals surface area contributed by atoms with Gasteiger partial charge in [-0.1, -0.05) is 35.9 Å². The molecule has 4 rings (SSSR count). The number of thiophene rings is 1. The topological polar surface area (TPSA) is 42.7 Å². The first kappa shape index (κ1) is 12.6. The average molecular weight is 296 g/mol. The molecule has 1 aromatic carbocycles. The van der Waals surface area contributed by atoms with E-state index in [2.05, 4.69) is 59.0 Å². The van der Waals surface area contributed by atoms with E-state index in [-0.39, 0.29) is 0 Å². The summed E-state index contributed by atoms with van der Waals surface area (Å²) in [6, 6.07) is 12.9. The SMILES string of the molecule is Cc1ccc(-c2nc3n(n2)C(c2cccs2)CCN3)cc1. The van der Waals surface area contributed by atoms with E-state index in [0.29, 0.717) is 6.04 Å². The van der Waals surface area contributed by atoms with E-state index < -0.39 is 0 Å². The molecule has 0 fully saturated rings. The second kappa shape index (κ2) is 5.00. The number of fused-ring (bicyclic) bond motifs is 1. The smallest absolute Gasteiger partial charge is 0.222 e. The second-order valence-electron chi connectivity index (χ2n) is 5.32. The average Bonchev–Trinajstić information content (AvgIpc) is 3.17. The first-order valence-corrected chi connectivity index (χ1v) is 8.00. The van der Waals surface area contributed by atoms with Crippen molar-refractivity contribution in [3.8, 4) is 11.4 Å². The van der Waals surface area contributed by atoms with Crippen LogP contribution in [0.3, 0.4) is 0 Å². The standard InChI is InChI=1S/C16H16N4S/c1-11-4-6-12(7-5-11)15-18-16-17-9-8-13(20(16)19-15)14-3-2-10-21-14/h2-7,10,13H,8-9H2,1H3,(H,17,18,19). The molecule has 1 aliphatic rings. The largest absolute Gasteiger partial charge is 0.354 e. The Morgan fingerprint density at radius 2 is 2.10 bits per heavy atom. The number of benzene rings is 1. The number of anilines is 1. The van der Waals surface area contributed by atoms with Gasteiger partial charge >= 0.3 is 0 Å².